The molecule has 0 aromatic heterocycles. The van der Waals surface area contributed by atoms with Crippen molar-refractivity contribution in [3.05, 3.63) is 78.4 Å². The summed E-state index contributed by atoms with van der Waals surface area (Å²) in [6.45, 7) is 0. The first-order chi connectivity index (χ1) is 11.7. The van der Waals surface area contributed by atoms with Crippen molar-refractivity contribution in [2.45, 2.75) is 0 Å². The van der Waals surface area contributed by atoms with E-state index in [1.54, 1.807) is 0 Å². The number of ketones is 2. The molecule has 0 radical (unpaired) electrons. The Morgan fingerprint density at radius 2 is 1.33 bits per heavy atom. The molecule has 0 N–H and O–H groups in total. The highest BCUT2D eigenvalue weighted by Crippen LogP contribution is 2.42. The number of Topliss-reactive ketones (excluding diaryl/α,β-unsaturated/α-hetero) is 2. The zero-order valence-corrected chi connectivity index (χ0v) is 12.9. The van der Waals surface area contributed by atoms with Gasteiger partial charge in [-0.05, 0) is 38.7 Å². The van der Waals surface area contributed by atoms with Crippen LogP contribution in [0, 0.1) is 11.8 Å². The Balaban J connectivity index is 1.91. The normalized spacial score (nSPS) is 22.4. The van der Waals surface area contributed by atoms with E-state index < -0.39 is 11.8 Å². The third kappa shape index (κ3) is 1.71. The standard InChI is InChI=1S/C22H14O2/c23-21-15-9-10-18(22(21)24)19(12-15)20-16-7-3-1-5-13(16)11-14-6-2-4-8-17(14)20/h1-12,15,18H. The fraction of sp³-hybridized carbons (Fsp3) is 0.0909. The monoisotopic (exact) mass is 310 g/mol. The number of fused-ring (bicyclic) bond motifs is 3. The molecule has 114 valence electrons. The predicted octanol–water partition coefficient (Wildman–Crippen LogP) is 4.33. The van der Waals surface area contributed by atoms with E-state index in [0.717, 1.165) is 32.7 Å². The number of carbonyl (C=O) groups is 2. The summed E-state index contributed by atoms with van der Waals surface area (Å²) in [5, 5.41) is 4.56. The zero-order valence-electron chi connectivity index (χ0n) is 12.9. The van der Waals surface area contributed by atoms with Gasteiger partial charge < -0.3 is 0 Å². The first-order valence-corrected chi connectivity index (χ1v) is 8.13. The van der Waals surface area contributed by atoms with Gasteiger partial charge in [-0.25, -0.2) is 0 Å². The Hall–Kier alpha value is -3.00. The van der Waals surface area contributed by atoms with Crippen molar-refractivity contribution in [2.75, 3.05) is 0 Å². The van der Waals surface area contributed by atoms with Gasteiger partial charge in [0.05, 0.1) is 11.8 Å². The van der Waals surface area contributed by atoms with E-state index in [9.17, 15) is 9.59 Å². The van der Waals surface area contributed by atoms with Crippen molar-refractivity contribution >= 4 is 38.7 Å². The molecule has 3 aliphatic carbocycles. The summed E-state index contributed by atoms with van der Waals surface area (Å²) in [6.07, 6.45) is 5.72. The topological polar surface area (TPSA) is 34.1 Å². The summed E-state index contributed by atoms with van der Waals surface area (Å²) in [4.78, 5) is 24.4. The SMILES string of the molecule is O=C1C(=O)C2C=CC1C=C2c1c2ccccc2cc2ccccc12. The van der Waals surface area contributed by atoms with E-state index in [1.807, 2.05) is 42.5 Å². The first-order valence-electron chi connectivity index (χ1n) is 8.13. The van der Waals surface area contributed by atoms with E-state index in [2.05, 4.69) is 30.3 Å². The van der Waals surface area contributed by atoms with Crippen LogP contribution in [0.2, 0.25) is 0 Å². The molecule has 0 amide bonds. The average molecular weight is 310 g/mol. The quantitative estimate of drug-likeness (QED) is 0.381. The lowest BCUT2D eigenvalue weighted by Gasteiger charge is -2.29. The zero-order chi connectivity index (χ0) is 16.3. The summed E-state index contributed by atoms with van der Waals surface area (Å²) in [6, 6.07) is 18.6. The molecule has 3 aromatic rings. The smallest absolute Gasteiger partial charge is 0.210 e. The maximum atomic E-state index is 12.4. The maximum Gasteiger partial charge on any atom is 0.210 e. The Morgan fingerprint density at radius 1 is 0.708 bits per heavy atom. The van der Waals surface area contributed by atoms with Gasteiger partial charge in [0.15, 0.2) is 0 Å². The molecule has 6 rings (SSSR count). The van der Waals surface area contributed by atoms with Crippen LogP contribution in [0.5, 0.6) is 0 Å². The lowest BCUT2D eigenvalue weighted by Crippen LogP contribution is -2.36. The van der Waals surface area contributed by atoms with Gasteiger partial charge in [0.25, 0.3) is 0 Å². The highest BCUT2D eigenvalue weighted by atomic mass is 16.2. The van der Waals surface area contributed by atoms with E-state index in [4.69, 9.17) is 0 Å². The van der Waals surface area contributed by atoms with Gasteiger partial charge in [-0.3, -0.25) is 9.59 Å². The van der Waals surface area contributed by atoms with Crippen molar-refractivity contribution in [3.63, 3.8) is 0 Å². The molecule has 0 saturated heterocycles. The maximum absolute atomic E-state index is 12.4. The number of allylic oxidation sites excluding steroid dienone is 4. The molecule has 2 unspecified atom stereocenters. The average Bonchev–Trinajstić information content (AvgIpc) is 2.63. The Kier molecular flexibility index (Phi) is 2.66. The highest BCUT2D eigenvalue weighted by molar-refractivity contribution is 6.44. The fourth-order valence-electron chi connectivity index (χ4n) is 3.96. The van der Waals surface area contributed by atoms with Crippen molar-refractivity contribution in [3.8, 4) is 0 Å². The Bertz CT molecular complexity index is 1050. The molecule has 24 heavy (non-hydrogen) atoms. The summed E-state index contributed by atoms with van der Waals surface area (Å²) in [7, 11) is 0. The Morgan fingerprint density at radius 3 is 1.96 bits per heavy atom. The molecular formula is C22H14O2. The fourth-order valence-corrected chi connectivity index (χ4v) is 3.96. The van der Waals surface area contributed by atoms with E-state index in [1.165, 1.54) is 0 Å². The van der Waals surface area contributed by atoms with Gasteiger partial charge in [0.2, 0.25) is 11.6 Å². The minimum Gasteiger partial charge on any atom is -0.290 e. The van der Waals surface area contributed by atoms with Gasteiger partial charge in [-0.15, -0.1) is 0 Å². The van der Waals surface area contributed by atoms with Crippen LogP contribution in [0.3, 0.4) is 0 Å². The van der Waals surface area contributed by atoms with Gasteiger partial charge in [0, 0.05) is 0 Å². The van der Waals surface area contributed by atoms with E-state index >= 15 is 0 Å². The molecule has 2 nitrogen and oxygen atoms in total. The molecule has 0 aliphatic heterocycles. The second kappa shape index (κ2) is 4.75. The Labute approximate surface area is 139 Å². The van der Waals surface area contributed by atoms with Crippen LogP contribution in [0.15, 0.2) is 72.8 Å². The number of rotatable bonds is 1. The molecule has 3 aromatic carbocycles. The minimum atomic E-state index is -0.447. The van der Waals surface area contributed by atoms with Crippen LogP contribution < -0.4 is 0 Å². The van der Waals surface area contributed by atoms with Crippen LogP contribution in [0.25, 0.3) is 27.1 Å². The highest BCUT2D eigenvalue weighted by Gasteiger charge is 2.40. The van der Waals surface area contributed by atoms with Crippen LogP contribution >= 0.6 is 0 Å². The molecule has 3 aliphatic rings. The van der Waals surface area contributed by atoms with Crippen molar-refractivity contribution in [1.82, 2.24) is 0 Å². The van der Waals surface area contributed by atoms with E-state index in [0.29, 0.717) is 0 Å². The number of carbonyl (C=O) groups excluding carboxylic acids is 2. The number of hydrogen-bond donors (Lipinski definition) is 0. The summed E-state index contributed by atoms with van der Waals surface area (Å²) >= 11 is 0. The van der Waals surface area contributed by atoms with E-state index in [-0.39, 0.29) is 11.6 Å². The molecule has 2 atom stereocenters. The first kappa shape index (κ1) is 13.4. The number of hydrogen-bond acceptors (Lipinski definition) is 2. The molecule has 2 heteroatoms. The van der Waals surface area contributed by atoms with Crippen LogP contribution in [0.4, 0.5) is 0 Å². The molecule has 0 fully saturated rings. The molecule has 2 bridgehead atoms. The largest absolute Gasteiger partial charge is 0.290 e. The van der Waals surface area contributed by atoms with Crippen LogP contribution in [-0.4, -0.2) is 11.6 Å². The second-order valence-corrected chi connectivity index (χ2v) is 6.43. The van der Waals surface area contributed by atoms with Crippen molar-refractivity contribution in [1.29, 1.82) is 0 Å². The summed E-state index contributed by atoms with van der Waals surface area (Å²) in [5.41, 5.74) is 2.06. The third-order valence-corrected chi connectivity index (χ3v) is 5.09. The molecule has 0 heterocycles. The predicted molar refractivity (Wildman–Crippen MR) is 95.6 cm³/mol. The van der Waals surface area contributed by atoms with Crippen LogP contribution in [0.1, 0.15) is 5.56 Å². The minimum absolute atomic E-state index is 0.281. The van der Waals surface area contributed by atoms with Gasteiger partial charge in [-0.2, -0.15) is 0 Å². The molecule has 0 spiro atoms. The molecular weight excluding hydrogens is 296 g/mol. The van der Waals surface area contributed by atoms with Crippen molar-refractivity contribution in [2.24, 2.45) is 11.8 Å². The number of benzene rings is 3. The van der Waals surface area contributed by atoms with Crippen molar-refractivity contribution < 1.29 is 9.59 Å². The second-order valence-electron chi connectivity index (χ2n) is 6.43. The third-order valence-electron chi connectivity index (χ3n) is 5.09. The molecule has 0 saturated carbocycles. The van der Waals surface area contributed by atoms with Gasteiger partial charge >= 0.3 is 0 Å². The van der Waals surface area contributed by atoms with Crippen LogP contribution in [-0.2, 0) is 9.59 Å². The lowest BCUT2D eigenvalue weighted by molar-refractivity contribution is -0.139. The summed E-state index contributed by atoms with van der Waals surface area (Å²) < 4.78 is 0. The van der Waals surface area contributed by atoms with Gasteiger partial charge in [-0.1, -0.05) is 66.8 Å². The van der Waals surface area contributed by atoms with Gasteiger partial charge in [0.1, 0.15) is 0 Å². The summed E-state index contributed by atoms with van der Waals surface area (Å²) in [5.74, 6) is -1.42. The lowest BCUT2D eigenvalue weighted by atomic mass is 9.71.